The van der Waals surface area contributed by atoms with Gasteiger partial charge in [0.1, 0.15) is 6.54 Å². The fourth-order valence-corrected chi connectivity index (χ4v) is 3.42. The smallest absolute Gasteiger partial charge is 0.332 e. The van der Waals surface area contributed by atoms with Crippen molar-refractivity contribution in [3.8, 4) is 0 Å². The maximum Gasteiger partial charge on any atom is 0.332 e. The second-order valence-electron chi connectivity index (χ2n) is 6.16. The van der Waals surface area contributed by atoms with Crippen molar-refractivity contribution < 1.29 is 4.79 Å². The molecule has 1 atom stereocenters. The lowest BCUT2D eigenvalue weighted by atomic mass is 10.1. The van der Waals surface area contributed by atoms with E-state index in [1.54, 1.807) is 19.1 Å². The molecule has 3 aromatic rings. The van der Waals surface area contributed by atoms with Crippen LogP contribution in [0.15, 0.2) is 33.9 Å². The van der Waals surface area contributed by atoms with Crippen LogP contribution >= 0.6 is 23.2 Å². The zero-order valence-corrected chi connectivity index (χ0v) is 16.4. The number of imidazole rings is 1. The van der Waals surface area contributed by atoms with Crippen molar-refractivity contribution in [1.29, 1.82) is 0 Å². The molecule has 2 heterocycles. The van der Waals surface area contributed by atoms with Crippen LogP contribution in [0.4, 0.5) is 0 Å². The molecule has 0 aliphatic carbocycles. The second kappa shape index (κ2) is 7.21. The van der Waals surface area contributed by atoms with Gasteiger partial charge in [0.05, 0.1) is 6.04 Å². The van der Waals surface area contributed by atoms with Gasteiger partial charge in [-0.3, -0.25) is 23.3 Å². The van der Waals surface area contributed by atoms with Gasteiger partial charge in [-0.05, 0) is 30.2 Å². The van der Waals surface area contributed by atoms with Crippen molar-refractivity contribution in [1.82, 2.24) is 24.0 Å². The number of benzene rings is 1. The normalized spacial score (nSPS) is 12.3. The number of nitrogens with one attached hydrogen (secondary N) is 1. The highest BCUT2D eigenvalue weighted by molar-refractivity contribution is 6.31. The molecule has 10 heteroatoms. The highest BCUT2D eigenvalue weighted by atomic mass is 35.5. The lowest BCUT2D eigenvalue weighted by molar-refractivity contribution is -0.122. The number of carbonyl (C=O) groups is 1. The van der Waals surface area contributed by atoms with Crippen LogP contribution < -0.4 is 16.6 Å². The fourth-order valence-electron chi connectivity index (χ4n) is 2.90. The van der Waals surface area contributed by atoms with Crippen LogP contribution in [0, 0.1) is 0 Å². The number of halogens is 2. The number of aromatic nitrogens is 4. The molecule has 0 bridgehead atoms. The molecule has 3 rings (SSSR count). The number of hydrogen-bond acceptors (Lipinski definition) is 4. The second-order valence-corrected chi connectivity index (χ2v) is 6.90. The molecule has 1 N–H and O–H groups in total. The van der Waals surface area contributed by atoms with Gasteiger partial charge in [0.15, 0.2) is 11.2 Å². The summed E-state index contributed by atoms with van der Waals surface area (Å²) in [5.74, 6) is -0.375. The minimum atomic E-state index is -0.570. The molecule has 0 saturated heterocycles. The molecule has 0 fully saturated rings. The van der Waals surface area contributed by atoms with E-state index in [9.17, 15) is 14.4 Å². The quantitative estimate of drug-likeness (QED) is 0.662. The first-order valence-electron chi connectivity index (χ1n) is 8.08. The summed E-state index contributed by atoms with van der Waals surface area (Å²) in [6.45, 7) is 1.58. The number of amides is 1. The van der Waals surface area contributed by atoms with E-state index in [0.29, 0.717) is 5.02 Å². The highest BCUT2D eigenvalue weighted by Gasteiger charge is 2.20. The van der Waals surface area contributed by atoms with Gasteiger partial charge in [0, 0.05) is 19.1 Å². The Balaban J connectivity index is 1.94. The van der Waals surface area contributed by atoms with Crippen molar-refractivity contribution >= 4 is 40.3 Å². The lowest BCUT2D eigenvalue weighted by Crippen LogP contribution is -2.38. The van der Waals surface area contributed by atoms with E-state index in [-0.39, 0.29) is 34.9 Å². The van der Waals surface area contributed by atoms with Gasteiger partial charge < -0.3 is 5.32 Å². The largest absolute Gasteiger partial charge is 0.348 e. The Morgan fingerprint density at radius 1 is 1.19 bits per heavy atom. The predicted molar refractivity (Wildman–Crippen MR) is 103 cm³/mol. The Hall–Kier alpha value is -2.58. The van der Waals surface area contributed by atoms with Gasteiger partial charge in [-0.2, -0.15) is 4.98 Å². The van der Waals surface area contributed by atoms with Crippen LogP contribution in [0.25, 0.3) is 11.2 Å². The number of rotatable bonds is 4. The van der Waals surface area contributed by atoms with Crippen LogP contribution in [0.3, 0.4) is 0 Å². The molecule has 1 aromatic carbocycles. The molecule has 0 aliphatic rings. The monoisotopic (exact) mass is 409 g/mol. The molecule has 8 nitrogen and oxygen atoms in total. The van der Waals surface area contributed by atoms with Gasteiger partial charge in [0.25, 0.3) is 5.56 Å². The number of aryl methyl sites for hydroxylation is 1. The average molecular weight is 410 g/mol. The summed E-state index contributed by atoms with van der Waals surface area (Å²) in [6.07, 6.45) is 0. The Kier molecular flexibility index (Phi) is 5.12. The van der Waals surface area contributed by atoms with Gasteiger partial charge in [-0.25, -0.2) is 4.79 Å². The third kappa shape index (κ3) is 3.38. The number of hydrogen-bond donors (Lipinski definition) is 1. The molecular formula is C17H17Cl2N5O3. The topological polar surface area (TPSA) is 90.9 Å². The maximum absolute atomic E-state index is 12.5. The van der Waals surface area contributed by atoms with Crippen molar-refractivity contribution in [3.05, 3.63) is 61.0 Å². The first-order valence-corrected chi connectivity index (χ1v) is 8.83. The lowest BCUT2D eigenvalue weighted by Gasteiger charge is -2.16. The Morgan fingerprint density at radius 3 is 2.52 bits per heavy atom. The van der Waals surface area contributed by atoms with Crippen LogP contribution in [0.1, 0.15) is 18.5 Å². The van der Waals surface area contributed by atoms with Gasteiger partial charge >= 0.3 is 5.69 Å². The fraction of sp³-hybridized carbons (Fsp3) is 0.294. The highest BCUT2D eigenvalue weighted by Crippen LogP contribution is 2.22. The van der Waals surface area contributed by atoms with Crippen LogP contribution in [0.5, 0.6) is 0 Å². The molecule has 0 saturated carbocycles. The van der Waals surface area contributed by atoms with Crippen molar-refractivity contribution in [2.24, 2.45) is 14.1 Å². The van der Waals surface area contributed by atoms with Crippen molar-refractivity contribution in [3.63, 3.8) is 0 Å². The van der Waals surface area contributed by atoms with E-state index in [0.717, 1.165) is 10.1 Å². The molecule has 0 spiro atoms. The summed E-state index contributed by atoms with van der Waals surface area (Å²) >= 11 is 12.3. The molecule has 0 unspecified atom stereocenters. The Labute approximate surface area is 163 Å². The first-order chi connectivity index (χ1) is 12.7. The third-order valence-electron chi connectivity index (χ3n) is 4.35. The Bertz CT molecular complexity index is 1160. The minimum absolute atomic E-state index is 0.0520. The summed E-state index contributed by atoms with van der Waals surface area (Å²) in [5, 5.41) is 3.31. The molecule has 142 valence electrons. The van der Waals surface area contributed by atoms with Gasteiger partial charge in [-0.15, -0.1) is 0 Å². The van der Waals surface area contributed by atoms with E-state index in [1.165, 1.54) is 23.2 Å². The summed E-state index contributed by atoms with van der Waals surface area (Å²) < 4.78 is 3.44. The molecule has 1 amide bonds. The molecule has 27 heavy (non-hydrogen) atoms. The molecule has 2 aromatic heterocycles. The summed E-state index contributed by atoms with van der Waals surface area (Å²) in [7, 11) is 2.84. The van der Waals surface area contributed by atoms with Gasteiger partial charge in [-0.1, -0.05) is 29.8 Å². The molecular weight excluding hydrogens is 393 g/mol. The maximum atomic E-state index is 12.5. The third-order valence-corrected chi connectivity index (χ3v) is 4.99. The zero-order chi connectivity index (χ0) is 19.9. The summed E-state index contributed by atoms with van der Waals surface area (Å²) in [6, 6.07) is 6.85. The van der Waals surface area contributed by atoms with E-state index in [4.69, 9.17) is 23.2 Å². The average Bonchev–Trinajstić information content (AvgIpc) is 2.95. The predicted octanol–water partition coefficient (Wildman–Crippen LogP) is 1.62. The van der Waals surface area contributed by atoms with E-state index in [2.05, 4.69) is 10.3 Å². The van der Waals surface area contributed by atoms with E-state index in [1.807, 2.05) is 12.1 Å². The van der Waals surface area contributed by atoms with E-state index < -0.39 is 11.2 Å². The molecule has 0 radical (unpaired) electrons. The van der Waals surface area contributed by atoms with Crippen LogP contribution in [-0.2, 0) is 25.4 Å². The Morgan fingerprint density at radius 2 is 1.85 bits per heavy atom. The van der Waals surface area contributed by atoms with E-state index >= 15 is 0 Å². The number of carbonyl (C=O) groups excluding carboxylic acids is 1. The SMILES string of the molecule is C[C@@H](NC(=O)Cn1c(Cl)nc2c1c(=O)n(C)c(=O)n2C)c1ccccc1Cl. The number of nitrogens with zero attached hydrogens (tertiary/aromatic N) is 4. The molecule has 0 aliphatic heterocycles. The van der Waals surface area contributed by atoms with Crippen LogP contribution in [-0.4, -0.2) is 24.6 Å². The first kappa shape index (κ1) is 19.2. The van der Waals surface area contributed by atoms with Crippen molar-refractivity contribution in [2.75, 3.05) is 0 Å². The van der Waals surface area contributed by atoms with Crippen molar-refractivity contribution in [2.45, 2.75) is 19.5 Å². The number of fused-ring (bicyclic) bond motifs is 1. The standard InChI is InChI=1S/C17H17Cl2N5O3/c1-9(10-6-4-5-7-11(10)18)20-12(25)8-24-13-14(21-16(24)19)22(2)17(27)23(3)15(13)26/h4-7,9H,8H2,1-3H3,(H,20,25)/t9-/m1/s1. The van der Waals surface area contributed by atoms with Crippen LogP contribution in [0.2, 0.25) is 10.3 Å². The van der Waals surface area contributed by atoms with Gasteiger partial charge in [0.2, 0.25) is 11.2 Å². The minimum Gasteiger partial charge on any atom is -0.348 e. The zero-order valence-electron chi connectivity index (χ0n) is 14.9. The summed E-state index contributed by atoms with van der Waals surface area (Å²) in [4.78, 5) is 41.1. The summed E-state index contributed by atoms with van der Waals surface area (Å²) in [5.41, 5.74) is -0.109.